The van der Waals surface area contributed by atoms with E-state index in [0.717, 1.165) is 15.7 Å². The number of rotatable bonds is 9. The van der Waals surface area contributed by atoms with E-state index in [1.54, 1.807) is 38.1 Å². The summed E-state index contributed by atoms with van der Waals surface area (Å²) in [6.45, 7) is 4.07. The standard InChI is InChI=1S/C19H22BrFNO3P/c1-3-24-26(23,25-4-2)19(22-18-12-8-16(20)9-13-18)14-7-15-5-10-17(21)11-6-15/h5-14,19,22H,3-4H2,1-2H3/b14-7+. The van der Waals surface area contributed by atoms with Gasteiger partial charge in [-0.3, -0.25) is 4.57 Å². The molecule has 0 bridgehead atoms. The fraction of sp³-hybridized carbons (Fsp3) is 0.263. The topological polar surface area (TPSA) is 47.6 Å². The Kier molecular flexibility index (Phi) is 8.04. The monoisotopic (exact) mass is 441 g/mol. The number of nitrogens with one attached hydrogen (secondary N) is 1. The summed E-state index contributed by atoms with van der Waals surface area (Å²) in [5, 5.41) is 3.20. The average Bonchev–Trinajstić information content (AvgIpc) is 2.62. The normalized spacial score (nSPS) is 13.1. The maximum Gasteiger partial charge on any atom is 0.356 e. The van der Waals surface area contributed by atoms with Crippen LogP contribution in [0.5, 0.6) is 0 Å². The van der Waals surface area contributed by atoms with E-state index in [1.807, 2.05) is 24.3 Å². The van der Waals surface area contributed by atoms with Crippen LogP contribution in [0.2, 0.25) is 0 Å². The van der Waals surface area contributed by atoms with Gasteiger partial charge in [-0.25, -0.2) is 4.39 Å². The van der Waals surface area contributed by atoms with Gasteiger partial charge >= 0.3 is 7.60 Å². The van der Waals surface area contributed by atoms with Crippen LogP contribution in [0.15, 0.2) is 59.1 Å². The van der Waals surface area contributed by atoms with Crippen molar-refractivity contribution in [2.45, 2.75) is 19.6 Å². The number of anilines is 1. The first-order valence-corrected chi connectivity index (χ1v) is 10.7. The minimum atomic E-state index is -3.44. The number of hydrogen-bond donors (Lipinski definition) is 1. The molecular formula is C19H22BrFNO3P. The number of hydrogen-bond acceptors (Lipinski definition) is 4. The molecular weight excluding hydrogens is 420 g/mol. The molecule has 0 aliphatic carbocycles. The van der Waals surface area contributed by atoms with Crippen LogP contribution >= 0.6 is 23.5 Å². The van der Waals surface area contributed by atoms with Crippen molar-refractivity contribution in [3.8, 4) is 0 Å². The summed E-state index contributed by atoms with van der Waals surface area (Å²) in [4.78, 5) is 0. The predicted molar refractivity (Wildman–Crippen MR) is 108 cm³/mol. The molecule has 4 nitrogen and oxygen atoms in total. The summed E-state index contributed by atoms with van der Waals surface area (Å²) in [6, 6.07) is 13.5. The lowest BCUT2D eigenvalue weighted by molar-refractivity contribution is 0.217. The maximum atomic E-state index is 13.2. The van der Waals surface area contributed by atoms with E-state index in [2.05, 4.69) is 21.2 Å². The summed E-state index contributed by atoms with van der Waals surface area (Å²) < 4.78 is 38.2. The van der Waals surface area contributed by atoms with Gasteiger partial charge in [0, 0.05) is 10.2 Å². The quantitative estimate of drug-likeness (QED) is 0.463. The van der Waals surface area contributed by atoms with Crippen molar-refractivity contribution in [3.05, 3.63) is 70.5 Å². The molecule has 2 rings (SSSR count). The molecule has 0 amide bonds. The lowest BCUT2D eigenvalue weighted by Crippen LogP contribution is -2.20. The molecule has 2 aromatic carbocycles. The van der Waals surface area contributed by atoms with Gasteiger partial charge in [-0.05, 0) is 61.9 Å². The second-order valence-electron chi connectivity index (χ2n) is 5.38. The highest BCUT2D eigenvalue weighted by molar-refractivity contribution is 9.10. The van der Waals surface area contributed by atoms with Gasteiger partial charge in [0.05, 0.1) is 13.2 Å². The first-order chi connectivity index (χ1) is 12.5. The van der Waals surface area contributed by atoms with Gasteiger partial charge in [0.15, 0.2) is 0 Å². The van der Waals surface area contributed by atoms with Crippen molar-refractivity contribution in [3.63, 3.8) is 0 Å². The Morgan fingerprint density at radius 3 is 2.19 bits per heavy atom. The van der Waals surface area contributed by atoms with Gasteiger partial charge in [0.25, 0.3) is 0 Å². The molecule has 0 aromatic heterocycles. The third-order valence-electron chi connectivity index (χ3n) is 3.46. The molecule has 0 aliphatic rings. The summed E-state index contributed by atoms with van der Waals surface area (Å²) in [5.74, 6) is -0.991. The van der Waals surface area contributed by atoms with Crippen LogP contribution in [0, 0.1) is 5.82 Å². The first-order valence-electron chi connectivity index (χ1n) is 8.31. The summed E-state index contributed by atoms with van der Waals surface area (Å²) in [7, 11) is -3.44. The van der Waals surface area contributed by atoms with Crippen LogP contribution < -0.4 is 5.32 Å². The highest BCUT2D eigenvalue weighted by atomic mass is 79.9. The van der Waals surface area contributed by atoms with Crippen LogP contribution in [0.4, 0.5) is 10.1 Å². The second kappa shape index (κ2) is 10.0. The zero-order chi connectivity index (χ0) is 19.0. The second-order valence-corrected chi connectivity index (χ2v) is 8.45. The molecule has 140 valence electrons. The Morgan fingerprint density at radius 2 is 1.65 bits per heavy atom. The number of halogens is 2. The van der Waals surface area contributed by atoms with E-state index in [4.69, 9.17) is 9.05 Å². The SMILES string of the molecule is CCOP(=O)(OCC)C(/C=C/c1ccc(F)cc1)Nc1ccc(Br)cc1. The Balaban J connectivity index is 2.31. The molecule has 2 aromatic rings. The van der Waals surface area contributed by atoms with Gasteiger partial charge in [0.2, 0.25) is 0 Å². The fourth-order valence-electron chi connectivity index (χ4n) is 2.28. The molecule has 0 aliphatic heterocycles. The highest BCUT2D eigenvalue weighted by Gasteiger charge is 2.33. The minimum Gasteiger partial charge on any atom is -0.368 e. The Labute approximate surface area is 162 Å². The van der Waals surface area contributed by atoms with E-state index < -0.39 is 13.4 Å². The van der Waals surface area contributed by atoms with Gasteiger partial charge < -0.3 is 14.4 Å². The van der Waals surface area contributed by atoms with Gasteiger partial charge in [-0.1, -0.05) is 34.1 Å². The third kappa shape index (κ3) is 6.06. The molecule has 26 heavy (non-hydrogen) atoms. The van der Waals surface area contributed by atoms with Gasteiger partial charge in [-0.15, -0.1) is 0 Å². The lowest BCUT2D eigenvalue weighted by Gasteiger charge is -2.25. The molecule has 0 radical (unpaired) electrons. The van der Waals surface area contributed by atoms with E-state index in [9.17, 15) is 8.96 Å². The summed E-state index contributed by atoms with van der Waals surface area (Å²) >= 11 is 3.39. The molecule has 0 fully saturated rings. The van der Waals surface area contributed by atoms with Crippen molar-refractivity contribution in [1.82, 2.24) is 0 Å². The molecule has 0 heterocycles. The molecule has 1 unspecified atom stereocenters. The summed E-state index contributed by atoms with van der Waals surface area (Å²) in [6.07, 6.45) is 3.49. The molecule has 1 atom stereocenters. The molecule has 1 N–H and O–H groups in total. The van der Waals surface area contributed by atoms with E-state index >= 15 is 0 Å². The molecule has 7 heteroatoms. The van der Waals surface area contributed by atoms with Crippen LogP contribution in [0.3, 0.4) is 0 Å². The Hall–Kier alpha value is -1.46. The Morgan fingerprint density at radius 1 is 1.08 bits per heavy atom. The van der Waals surface area contributed by atoms with Crippen LogP contribution in [0.25, 0.3) is 6.08 Å². The van der Waals surface area contributed by atoms with E-state index in [-0.39, 0.29) is 19.0 Å². The zero-order valence-corrected chi connectivity index (χ0v) is 17.2. The van der Waals surface area contributed by atoms with Crippen LogP contribution in [-0.4, -0.2) is 19.0 Å². The van der Waals surface area contributed by atoms with Gasteiger partial charge in [-0.2, -0.15) is 0 Å². The largest absolute Gasteiger partial charge is 0.368 e. The maximum absolute atomic E-state index is 13.2. The van der Waals surface area contributed by atoms with Crippen LogP contribution in [-0.2, 0) is 13.6 Å². The zero-order valence-electron chi connectivity index (χ0n) is 14.7. The van der Waals surface area contributed by atoms with Crippen LogP contribution in [0.1, 0.15) is 19.4 Å². The lowest BCUT2D eigenvalue weighted by atomic mass is 10.2. The molecule has 0 saturated heterocycles. The van der Waals surface area contributed by atoms with Crippen molar-refractivity contribution in [2.75, 3.05) is 18.5 Å². The molecule has 0 spiro atoms. The Bertz CT molecular complexity index is 755. The highest BCUT2D eigenvalue weighted by Crippen LogP contribution is 2.53. The van der Waals surface area contributed by atoms with E-state index in [0.29, 0.717) is 0 Å². The average molecular weight is 442 g/mol. The smallest absolute Gasteiger partial charge is 0.356 e. The minimum absolute atomic E-state index is 0.264. The van der Waals surface area contributed by atoms with Crippen molar-refractivity contribution < 1.29 is 18.0 Å². The van der Waals surface area contributed by atoms with Crippen molar-refractivity contribution in [2.24, 2.45) is 0 Å². The first kappa shape index (κ1) is 20.8. The summed E-state index contributed by atoms with van der Waals surface area (Å²) in [5.41, 5.74) is 1.56. The molecule has 0 saturated carbocycles. The van der Waals surface area contributed by atoms with Crippen molar-refractivity contribution >= 4 is 35.3 Å². The fourth-order valence-corrected chi connectivity index (χ4v) is 4.27. The van der Waals surface area contributed by atoms with Gasteiger partial charge in [0.1, 0.15) is 11.6 Å². The van der Waals surface area contributed by atoms with Crippen molar-refractivity contribution in [1.29, 1.82) is 0 Å². The number of benzene rings is 2. The third-order valence-corrected chi connectivity index (χ3v) is 6.21. The van der Waals surface area contributed by atoms with E-state index in [1.165, 1.54) is 12.1 Å². The predicted octanol–water partition coefficient (Wildman–Crippen LogP) is 6.31.